The van der Waals surface area contributed by atoms with Gasteiger partial charge in [-0.25, -0.2) is 4.79 Å². The molecule has 0 unspecified atom stereocenters. The molecule has 9 heteroatoms. The Morgan fingerprint density at radius 2 is 1.94 bits per heavy atom. The Bertz CT molecular complexity index is 326. The first-order chi connectivity index (χ1) is 7.26. The number of carbonyl (C=O) groups excluding carboxylic acids is 1. The van der Waals surface area contributed by atoms with E-state index in [1.807, 2.05) is 0 Å². The lowest BCUT2D eigenvalue weighted by atomic mass is 10.1. The molecule has 1 heterocycles. The Balaban J connectivity index is 2.62. The van der Waals surface area contributed by atoms with Gasteiger partial charge in [-0.15, -0.1) is 11.7 Å². The summed E-state index contributed by atoms with van der Waals surface area (Å²) < 4.78 is 54.9. The lowest BCUT2D eigenvalue weighted by Gasteiger charge is -2.24. The second kappa shape index (κ2) is 5.03. The summed E-state index contributed by atoms with van der Waals surface area (Å²) in [6.45, 7) is 1.18. The first kappa shape index (κ1) is 13.9. The van der Waals surface area contributed by atoms with Crippen molar-refractivity contribution in [2.24, 2.45) is 0 Å². The zero-order valence-corrected chi connectivity index (χ0v) is 9.76. The highest BCUT2D eigenvalue weighted by Gasteiger charge is 2.37. The van der Waals surface area contributed by atoms with E-state index in [-0.39, 0.29) is 5.55 Å². The number of hydrogen-bond donors (Lipinski definition) is 1. The minimum absolute atomic E-state index is 0.296. The van der Waals surface area contributed by atoms with Crippen LogP contribution in [0.25, 0.3) is 0 Å². The topological polar surface area (TPSA) is 38.3 Å². The first-order valence-electron chi connectivity index (χ1n) is 4.46. The number of nitrogens with one attached hydrogen (secondary N) is 1. The molecule has 0 spiro atoms. The fourth-order valence-corrected chi connectivity index (χ4v) is 2.75. The third kappa shape index (κ3) is 5.28. The van der Waals surface area contributed by atoms with Crippen LogP contribution in [0.15, 0.2) is 0 Å². The van der Waals surface area contributed by atoms with Gasteiger partial charge >= 0.3 is 5.37 Å². The molecule has 0 bridgehead atoms. The Labute approximate surface area is 94.1 Å². The second-order valence-corrected chi connectivity index (χ2v) is 7.58. The van der Waals surface area contributed by atoms with Crippen LogP contribution in [0.2, 0.25) is 0 Å². The fraction of sp³-hybridized carbons (Fsp3) is 0.714. The van der Waals surface area contributed by atoms with E-state index in [0.29, 0.717) is 25.9 Å². The van der Waals surface area contributed by atoms with Crippen LogP contribution in [-0.2, 0) is 4.74 Å². The summed E-state index contributed by atoms with van der Waals surface area (Å²) >= 11 is 0. The SMILES string of the molecule is O=C(F)SS(F)(F)(F)=COC1CCNCC1. The van der Waals surface area contributed by atoms with Gasteiger partial charge in [0.1, 0.15) is 5.55 Å². The van der Waals surface area contributed by atoms with E-state index in [9.17, 15) is 20.8 Å². The second-order valence-electron chi connectivity index (χ2n) is 3.23. The van der Waals surface area contributed by atoms with Gasteiger partial charge in [0.05, 0.1) is 16.9 Å². The Hall–Kier alpha value is -0.120. The number of ether oxygens (including phenoxy) is 1. The van der Waals surface area contributed by atoms with E-state index < -0.39 is 31.2 Å². The van der Waals surface area contributed by atoms with Gasteiger partial charge in [0.2, 0.25) is 8.94 Å². The first-order valence-corrected chi connectivity index (χ1v) is 7.60. The van der Waals surface area contributed by atoms with E-state index in [4.69, 9.17) is 0 Å². The van der Waals surface area contributed by atoms with Crippen LogP contribution in [0.4, 0.5) is 20.8 Å². The molecule has 1 N–H and O–H groups in total. The Morgan fingerprint density at radius 3 is 2.44 bits per heavy atom. The minimum atomic E-state index is -6.74. The van der Waals surface area contributed by atoms with Crippen molar-refractivity contribution in [3.05, 3.63) is 0 Å². The molecule has 0 saturated carbocycles. The van der Waals surface area contributed by atoms with E-state index in [2.05, 4.69) is 10.1 Å². The molecule has 0 aromatic heterocycles. The van der Waals surface area contributed by atoms with Crippen LogP contribution < -0.4 is 5.32 Å². The molecule has 0 radical (unpaired) electrons. The molecule has 16 heavy (non-hydrogen) atoms. The molecule has 0 aromatic rings. The van der Waals surface area contributed by atoms with Crippen molar-refractivity contribution in [1.29, 1.82) is 0 Å². The van der Waals surface area contributed by atoms with Gasteiger partial charge in [-0.05, 0) is 25.9 Å². The molecule has 96 valence electrons. The predicted octanol–water partition coefficient (Wildman–Crippen LogP) is 3.25. The molecule has 1 aliphatic heterocycles. The van der Waals surface area contributed by atoms with Crippen LogP contribution in [0.5, 0.6) is 0 Å². The molecular formula is C7H11F4NO2S2. The van der Waals surface area contributed by atoms with Gasteiger partial charge < -0.3 is 10.1 Å². The average Bonchev–Trinajstić information content (AvgIpc) is 2.14. The third-order valence-corrected chi connectivity index (χ3v) is 4.20. The minimum Gasteiger partial charge on any atom is -0.338 e. The predicted molar refractivity (Wildman–Crippen MR) is 58.1 cm³/mol. The number of carbonyl (C=O) groups is 1. The summed E-state index contributed by atoms with van der Waals surface area (Å²) in [5.74, 6) is 0. The van der Waals surface area contributed by atoms with E-state index in [1.54, 1.807) is 0 Å². The zero-order chi connectivity index (χ0) is 12.3. The van der Waals surface area contributed by atoms with Crippen LogP contribution in [0.1, 0.15) is 12.8 Å². The number of piperidine rings is 1. The summed E-state index contributed by atoms with van der Waals surface area (Å²) in [5.41, 5.74) is -0.296. The number of halogens is 4. The average molecular weight is 281 g/mol. The summed E-state index contributed by atoms with van der Waals surface area (Å²) in [6.07, 6.45) is 0.413. The molecule has 1 saturated heterocycles. The highest BCUT2D eigenvalue weighted by Crippen LogP contribution is 2.74. The Morgan fingerprint density at radius 1 is 1.38 bits per heavy atom. The summed E-state index contributed by atoms with van der Waals surface area (Å²) in [4.78, 5) is 9.83. The molecule has 0 amide bonds. The molecule has 3 nitrogen and oxygen atoms in total. The van der Waals surface area contributed by atoms with Gasteiger partial charge in [0, 0.05) is 0 Å². The lowest BCUT2D eigenvalue weighted by Crippen LogP contribution is -2.32. The highest BCUT2D eigenvalue weighted by molar-refractivity contribution is 8.99. The molecule has 0 aliphatic carbocycles. The van der Waals surface area contributed by atoms with Crippen molar-refractivity contribution in [2.75, 3.05) is 13.1 Å². The number of rotatable bonds is 3. The molecule has 0 aromatic carbocycles. The summed E-state index contributed by atoms with van der Waals surface area (Å²) in [7, 11) is -7.99. The van der Waals surface area contributed by atoms with Crippen LogP contribution in [0.3, 0.4) is 0 Å². The molecule has 1 rings (SSSR count). The zero-order valence-electron chi connectivity index (χ0n) is 8.13. The van der Waals surface area contributed by atoms with Crippen LogP contribution >= 0.6 is 19.7 Å². The van der Waals surface area contributed by atoms with Crippen LogP contribution in [0, 0.1) is 0 Å². The van der Waals surface area contributed by atoms with Crippen LogP contribution in [-0.4, -0.2) is 30.1 Å². The fourth-order valence-electron chi connectivity index (χ4n) is 1.23. The maximum atomic E-state index is 12.9. The lowest BCUT2D eigenvalue weighted by molar-refractivity contribution is 0.162. The van der Waals surface area contributed by atoms with E-state index in [0.717, 1.165) is 0 Å². The van der Waals surface area contributed by atoms with E-state index >= 15 is 0 Å². The molecule has 1 fully saturated rings. The smallest absolute Gasteiger partial charge is 0.338 e. The largest absolute Gasteiger partial charge is 0.374 e. The van der Waals surface area contributed by atoms with Gasteiger partial charge in [-0.1, -0.05) is 0 Å². The van der Waals surface area contributed by atoms with Gasteiger partial charge in [-0.3, -0.25) is 0 Å². The van der Waals surface area contributed by atoms with Gasteiger partial charge in [0.25, 0.3) is 0 Å². The maximum Gasteiger partial charge on any atom is 0.374 e. The summed E-state index contributed by atoms with van der Waals surface area (Å²) in [5, 5.41) is 0.509. The van der Waals surface area contributed by atoms with Crippen molar-refractivity contribution < 1.29 is 25.6 Å². The molecule has 0 atom stereocenters. The van der Waals surface area contributed by atoms with Gasteiger partial charge in [-0.2, -0.15) is 4.39 Å². The van der Waals surface area contributed by atoms with Crippen molar-refractivity contribution in [1.82, 2.24) is 5.32 Å². The van der Waals surface area contributed by atoms with E-state index in [1.165, 1.54) is 0 Å². The quantitative estimate of drug-likeness (QED) is 0.373. The standard InChI is InChI=1S/C7H11F4NO2S2/c8-7(13)15-16(9,10,11)5-14-6-1-3-12-4-2-6/h5-6,12H,1-4H2. The van der Waals surface area contributed by atoms with Crippen molar-refractivity contribution in [3.8, 4) is 0 Å². The molecular weight excluding hydrogens is 270 g/mol. The monoisotopic (exact) mass is 281 g/mol. The van der Waals surface area contributed by atoms with Crippen molar-refractivity contribution >= 4 is 30.7 Å². The highest BCUT2D eigenvalue weighted by atomic mass is 33.2. The molecule has 1 aliphatic rings. The van der Waals surface area contributed by atoms with Crippen molar-refractivity contribution in [2.45, 2.75) is 18.9 Å². The van der Waals surface area contributed by atoms with Gasteiger partial charge in [0.15, 0.2) is 0 Å². The Kier molecular flexibility index (Phi) is 4.38. The summed E-state index contributed by atoms with van der Waals surface area (Å²) in [6, 6.07) is 0. The number of hydrogen-bond acceptors (Lipinski definition) is 4. The third-order valence-electron chi connectivity index (χ3n) is 1.89. The maximum absolute atomic E-state index is 12.9. The normalized spacial score (nSPS) is 21.1. The van der Waals surface area contributed by atoms with Crippen molar-refractivity contribution in [3.63, 3.8) is 0 Å².